The fourth-order valence-electron chi connectivity index (χ4n) is 1.46. The Hall–Kier alpha value is -1.08. The molecule has 94 valence electrons. The summed E-state index contributed by atoms with van der Waals surface area (Å²) in [5.41, 5.74) is 1.00. The van der Waals surface area contributed by atoms with Gasteiger partial charge in [-0.25, -0.2) is 4.79 Å². The highest BCUT2D eigenvalue weighted by Crippen LogP contribution is 2.02. The third kappa shape index (κ3) is 6.28. The number of rotatable bonds is 6. The van der Waals surface area contributed by atoms with E-state index in [2.05, 4.69) is 14.6 Å². The molecule has 0 heterocycles. The van der Waals surface area contributed by atoms with E-state index in [9.17, 15) is 4.79 Å². The lowest BCUT2D eigenvalue weighted by atomic mass is 10.2. The van der Waals surface area contributed by atoms with Crippen molar-refractivity contribution in [3.8, 4) is 0 Å². The minimum atomic E-state index is -0.342. The summed E-state index contributed by atoms with van der Waals surface area (Å²) in [5.74, 6) is 0. The van der Waals surface area contributed by atoms with E-state index in [4.69, 9.17) is 4.74 Å². The van der Waals surface area contributed by atoms with Crippen LogP contribution in [0.3, 0.4) is 0 Å². The third-order valence-electron chi connectivity index (χ3n) is 2.42. The van der Waals surface area contributed by atoms with Crippen LogP contribution < -0.4 is 5.32 Å². The van der Waals surface area contributed by atoms with Gasteiger partial charge in [-0.3, -0.25) is 0 Å². The Balaban J connectivity index is 2.21. The van der Waals surface area contributed by atoms with Crippen LogP contribution in [0.4, 0.5) is 4.79 Å². The Bertz CT molecular complexity index is 329. The maximum absolute atomic E-state index is 11.5. The average Bonchev–Trinajstić information content (AvgIpc) is 2.35. The van der Waals surface area contributed by atoms with Crippen LogP contribution in [0.15, 0.2) is 30.3 Å². The van der Waals surface area contributed by atoms with Gasteiger partial charge in [-0.1, -0.05) is 30.3 Å². The van der Waals surface area contributed by atoms with Gasteiger partial charge in [0.1, 0.15) is 6.61 Å². The van der Waals surface area contributed by atoms with Crippen LogP contribution in [0.5, 0.6) is 0 Å². The summed E-state index contributed by atoms with van der Waals surface area (Å²) in [7, 11) is 2.68. The molecule has 0 radical (unpaired) electrons. The fraction of sp³-hybridized carbons (Fsp3) is 0.462. The summed E-state index contributed by atoms with van der Waals surface area (Å²) in [4.78, 5) is 11.5. The predicted molar refractivity (Wildman–Crippen MR) is 73.0 cm³/mol. The molecule has 3 nitrogen and oxygen atoms in total. The normalized spacial score (nSPS) is 11.9. The number of benzene rings is 1. The average molecular weight is 253 g/mol. The van der Waals surface area contributed by atoms with Crippen molar-refractivity contribution in [1.82, 2.24) is 5.32 Å². The largest absolute Gasteiger partial charge is 0.445 e. The van der Waals surface area contributed by atoms with Gasteiger partial charge in [0.25, 0.3) is 0 Å². The van der Waals surface area contributed by atoms with Gasteiger partial charge in [0, 0.05) is 6.04 Å². The summed E-state index contributed by atoms with van der Waals surface area (Å²) in [6.07, 6.45) is 2.78. The smallest absolute Gasteiger partial charge is 0.407 e. The minimum absolute atomic E-state index is 0.166. The van der Waals surface area contributed by atoms with Gasteiger partial charge in [0.2, 0.25) is 0 Å². The lowest BCUT2D eigenvalue weighted by Crippen LogP contribution is -2.32. The Morgan fingerprint density at radius 3 is 2.76 bits per heavy atom. The lowest BCUT2D eigenvalue weighted by molar-refractivity contribution is 0.136. The van der Waals surface area contributed by atoms with Gasteiger partial charge in [-0.15, -0.1) is 9.24 Å². The first-order valence-electron chi connectivity index (χ1n) is 5.89. The second-order valence-electron chi connectivity index (χ2n) is 4.04. The SMILES string of the molecule is C[C@H](CCCP)NC(=O)OCc1ccccc1. The van der Waals surface area contributed by atoms with Gasteiger partial charge in [-0.2, -0.15) is 0 Å². The second-order valence-corrected chi connectivity index (χ2v) is 4.62. The van der Waals surface area contributed by atoms with Crippen molar-refractivity contribution in [3.63, 3.8) is 0 Å². The van der Waals surface area contributed by atoms with E-state index in [0.717, 1.165) is 24.6 Å². The molecule has 0 aliphatic carbocycles. The molecule has 2 atom stereocenters. The molecule has 17 heavy (non-hydrogen) atoms. The van der Waals surface area contributed by atoms with E-state index in [-0.39, 0.29) is 12.1 Å². The molecule has 1 rings (SSSR count). The Morgan fingerprint density at radius 2 is 2.12 bits per heavy atom. The van der Waals surface area contributed by atoms with Crippen LogP contribution in [0.25, 0.3) is 0 Å². The van der Waals surface area contributed by atoms with Gasteiger partial charge >= 0.3 is 6.09 Å². The molecule has 0 fully saturated rings. The van der Waals surface area contributed by atoms with Gasteiger partial charge in [0.05, 0.1) is 0 Å². The fourth-order valence-corrected chi connectivity index (χ4v) is 1.70. The van der Waals surface area contributed by atoms with Gasteiger partial charge in [0.15, 0.2) is 0 Å². The van der Waals surface area contributed by atoms with Crippen molar-refractivity contribution in [2.24, 2.45) is 0 Å². The van der Waals surface area contributed by atoms with E-state index in [1.54, 1.807) is 0 Å². The van der Waals surface area contributed by atoms with Crippen molar-refractivity contribution < 1.29 is 9.53 Å². The molecule has 0 aliphatic rings. The zero-order valence-electron chi connectivity index (χ0n) is 10.2. The highest BCUT2D eigenvalue weighted by atomic mass is 31.0. The molecule has 0 aromatic heterocycles. The number of ether oxygens (including phenoxy) is 1. The van der Waals surface area contributed by atoms with Crippen LogP contribution >= 0.6 is 9.24 Å². The maximum Gasteiger partial charge on any atom is 0.407 e. The number of carbonyl (C=O) groups is 1. The van der Waals surface area contributed by atoms with E-state index in [1.165, 1.54) is 0 Å². The second kappa shape index (κ2) is 8.08. The topological polar surface area (TPSA) is 38.3 Å². The van der Waals surface area contributed by atoms with Crippen LogP contribution in [0.2, 0.25) is 0 Å². The highest BCUT2D eigenvalue weighted by molar-refractivity contribution is 7.16. The van der Waals surface area contributed by atoms with Crippen LogP contribution in [-0.2, 0) is 11.3 Å². The number of hydrogen-bond donors (Lipinski definition) is 1. The van der Waals surface area contributed by atoms with E-state index in [1.807, 2.05) is 37.3 Å². The summed E-state index contributed by atoms with van der Waals surface area (Å²) in [6.45, 7) is 2.31. The molecule has 0 spiro atoms. The first-order chi connectivity index (χ1) is 8.22. The number of nitrogens with one attached hydrogen (secondary N) is 1. The molecule has 1 unspecified atom stereocenters. The molecular formula is C13H20NO2P. The summed E-state index contributed by atoms with van der Waals surface area (Å²) in [5, 5.41) is 2.81. The van der Waals surface area contributed by atoms with Gasteiger partial charge < -0.3 is 10.1 Å². The highest BCUT2D eigenvalue weighted by Gasteiger charge is 2.07. The van der Waals surface area contributed by atoms with E-state index < -0.39 is 0 Å². The van der Waals surface area contributed by atoms with Crippen molar-refractivity contribution in [3.05, 3.63) is 35.9 Å². The molecule has 4 heteroatoms. The number of hydrogen-bond acceptors (Lipinski definition) is 2. The first-order valence-corrected chi connectivity index (χ1v) is 6.71. The lowest BCUT2D eigenvalue weighted by Gasteiger charge is -2.13. The molecule has 0 saturated heterocycles. The standard InChI is InChI=1S/C13H20NO2P/c1-11(6-5-9-17)14-13(15)16-10-12-7-3-2-4-8-12/h2-4,7-8,11H,5-6,9-10,17H2,1H3,(H,14,15)/t11-/m1/s1. The monoisotopic (exact) mass is 253 g/mol. The summed E-state index contributed by atoms with van der Waals surface area (Å²) >= 11 is 0. The molecule has 0 bridgehead atoms. The van der Waals surface area contributed by atoms with Crippen LogP contribution in [0.1, 0.15) is 25.3 Å². The minimum Gasteiger partial charge on any atom is -0.445 e. The maximum atomic E-state index is 11.5. The molecule has 0 saturated carbocycles. The number of amides is 1. The Kier molecular flexibility index (Phi) is 6.64. The quantitative estimate of drug-likeness (QED) is 0.791. The Labute approximate surface area is 105 Å². The molecule has 1 amide bonds. The van der Waals surface area contributed by atoms with Gasteiger partial charge in [-0.05, 0) is 31.5 Å². The van der Waals surface area contributed by atoms with Crippen molar-refractivity contribution >= 4 is 15.3 Å². The Morgan fingerprint density at radius 1 is 1.41 bits per heavy atom. The molecular weight excluding hydrogens is 233 g/mol. The summed E-state index contributed by atoms with van der Waals surface area (Å²) in [6, 6.07) is 9.83. The van der Waals surface area contributed by atoms with Crippen LogP contribution in [-0.4, -0.2) is 18.3 Å². The molecule has 1 aromatic carbocycles. The van der Waals surface area contributed by atoms with Crippen LogP contribution in [0, 0.1) is 0 Å². The summed E-state index contributed by atoms with van der Waals surface area (Å²) < 4.78 is 5.12. The zero-order chi connectivity index (χ0) is 12.5. The zero-order valence-corrected chi connectivity index (χ0v) is 11.3. The first kappa shape index (κ1) is 14.0. The molecule has 1 N–H and O–H groups in total. The third-order valence-corrected chi connectivity index (χ3v) is 2.83. The molecule has 0 aliphatic heterocycles. The van der Waals surface area contributed by atoms with Crippen molar-refractivity contribution in [2.45, 2.75) is 32.4 Å². The van der Waals surface area contributed by atoms with Crippen molar-refractivity contribution in [2.75, 3.05) is 6.16 Å². The predicted octanol–water partition coefficient (Wildman–Crippen LogP) is 2.96. The number of alkyl carbamates (subject to hydrolysis) is 1. The van der Waals surface area contributed by atoms with Crippen molar-refractivity contribution in [1.29, 1.82) is 0 Å². The molecule has 1 aromatic rings. The van der Waals surface area contributed by atoms with E-state index >= 15 is 0 Å². The van der Waals surface area contributed by atoms with E-state index in [0.29, 0.717) is 6.61 Å². The number of carbonyl (C=O) groups excluding carboxylic acids is 1.